The molecule has 114 valence electrons. The molecule has 0 radical (unpaired) electrons. The Morgan fingerprint density at radius 2 is 1.91 bits per heavy atom. The zero-order valence-corrected chi connectivity index (χ0v) is 12.9. The third-order valence-corrected chi connectivity index (χ3v) is 3.71. The monoisotopic (exact) mass is 296 g/mol. The maximum absolute atomic E-state index is 10.5. The van der Waals surface area contributed by atoms with E-state index in [9.17, 15) is 5.11 Å². The summed E-state index contributed by atoms with van der Waals surface area (Å²) in [6, 6.07) is 13.7. The Balaban J connectivity index is 2.26. The molecule has 2 heterocycles. The van der Waals surface area contributed by atoms with Crippen LogP contribution in [0.25, 0.3) is 16.9 Å². The summed E-state index contributed by atoms with van der Waals surface area (Å²) in [5, 5.41) is 10.5. The lowest BCUT2D eigenvalue weighted by atomic mass is 10.0. The van der Waals surface area contributed by atoms with Crippen LogP contribution in [0.1, 0.15) is 32.1 Å². The minimum absolute atomic E-state index is 0.568. The standard InChI is InChI=1S/C18H20N2O2/c1-3-14(21)18-17(19-16-11-7-8-12-20(16)18)13-9-5-6-10-15(13)22-4-2/h5-12,14,21H,3-4H2,1-2H3. The topological polar surface area (TPSA) is 46.8 Å². The van der Waals surface area contributed by atoms with E-state index in [2.05, 4.69) is 0 Å². The van der Waals surface area contributed by atoms with Gasteiger partial charge in [-0.05, 0) is 37.6 Å². The maximum Gasteiger partial charge on any atom is 0.137 e. The van der Waals surface area contributed by atoms with Crippen molar-refractivity contribution in [3.8, 4) is 17.0 Å². The Morgan fingerprint density at radius 3 is 2.68 bits per heavy atom. The number of aromatic nitrogens is 2. The number of aliphatic hydroxyl groups is 1. The van der Waals surface area contributed by atoms with Crippen molar-refractivity contribution in [3.05, 3.63) is 54.4 Å². The van der Waals surface area contributed by atoms with E-state index in [1.807, 2.05) is 66.9 Å². The number of nitrogens with zero attached hydrogens (tertiary/aromatic N) is 2. The molecule has 0 aliphatic heterocycles. The summed E-state index contributed by atoms with van der Waals surface area (Å²) in [6.45, 7) is 4.52. The highest BCUT2D eigenvalue weighted by molar-refractivity contribution is 5.72. The normalized spacial score (nSPS) is 12.5. The fourth-order valence-corrected chi connectivity index (χ4v) is 2.67. The zero-order chi connectivity index (χ0) is 15.5. The van der Waals surface area contributed by atoms with Crippen LogP contribution in [-0.4, -0.2) is 21.1 Å². The molecule has 0 spiro atoms. The molecule has 0 bridgehead atoms. The van der Waals surface area contributed by atoms with Crippen molar-refractivity contribution >= 4 is 5.65 Å². The Hall–Kier alpha value is -2.33. The van der Waals surface area contributed by atoms with E-state index in [0.717, 1.165) is 28.3 Å². The highest BCUT2D eigenvalue weighted by Crippen LogP contribution is 2.35. The van der Waals surface area contributed by atoms with Crippen LogP contribution in [-0.2, 0) is 0 Å². The Labute approximate surface area is 130 Å². The lowest BCUT2D eigenvalue weighted by molar-refractivity contribution is 0.168. The van der Waals surface area contributed by atoms with Gasteiger partial charge in [0.1, 0.15) is 11.4 Å². The molecule has 0 amide bonds. The molecular weight excluding hydrogens is 276 g/mol. The summed E-state index contributed by atoms with van der Waals surface area (Å²) in [6.07, 6.45) is 2.00. The number of ether oxygens (including phenoxy) is 1. The van der Waals surface area contributed by atoms with E-state index in [-0.39, 0.29) is 0 Å². The van der Waals surface area contributed by atoms with Crippen LogP contribution in [0.2, 0.25) is 0 Å². The highest BCUT2D eigenvalue weighted by atomic mass is 16.5. The molecule has 0 aliphatic rings. The number of pyridine rings is 1. The highest BCUT2D eigenvalue weighted by Gasteiger charge is 2.21. The molecule has 0 saturated heterocycles. The molecule has 1 N–H and O–H groups in total. The number of benzene rings is 1. The first-order valence-corrected chi connectivity index (χ1v) is 7.63. The molecule has 0 fully saturated rings. The summed E-state index contributed by atoms with van der Waals surface area (Å²) in [5.74, 6) is 0.790. The van der Waals surface area contributed by atoms with Gasteiger partial charge in [0.2, 0.25) is 0 Å². The molecule has 4 nitrogen and oxygen atoms in total. The van der Waals surface area contributed by atoms with Crippen molar-refractivity contribution in [2.24, 2.45) is 0 Å². The fourth-order valence-electron chi connectivity index (χ4n) is 2.67. The Kier molecular flexibility index (Phi) is 4.11. The molecule has 0 aliphatic carbocycles. The van der Waals surface area contributed by atoms with Gasteiger partial charge < -0.3 is 14.2 Å². The largest absolute Gasteiger partial charge is 0.493 e. The minimum Gasteiger partial charge on any atom is -0.493 e. The van der Waals surface area contributed by atoms with E-state index in [1.165, 1.54) is 0 Å². The van der Waals surface area contributed by atoms with Crippen LogP contribution in [0.4, 0.5) is 0 Å². The summed E-state index contributed by atoms with van der Waals surface area (Å²) >= 11 is 0. The predicted molar refractivity (Wildman–Crippen MR) is 87.0 cm³/mol. The molecule has 4 heteroatoms. The van der Waals surface area contributed by atoms with Crippen molar-refractivity contribution in [2.45, 2.75) is 26.4 Å². The van der Waals surface area contributed by atoms with Crippen molar-refractivity contribution in [1.29, 1.82) is 0 Å². The van der Waals surface area contributed by atoms with E-state index in [4.69, 9.17) is 9.72 Å². The molecule has 1 atom stereocenters. The van der Waals surface area contributed by atoms with Crippen molar-refractivity contribution < 1.29 is 9.84 Å². The van der Waals surface area contributed by atoms with Crippen molar-refractivity contribution in [2.75, 3.05) is 6.61 Å². The Bertz CT molecular complexity index is 780. The third kappa shape index (κ3) is 2.46. The second-order valence-electron chi connectivity index (χ2n) is 5.13. The van der Waals surface area contributed by atoms with Gasteiger partial charge >= 0.3 is 0 Å². The average Bonchev–Trinajstić information content (AvgIpc) is 2.94. The first-order valence-electron chi connectivity index (χ1n) is 7.63. The number of aliphatic hydroxyl groups excluding tert-OH is 1. The summed E-state index contributed by atoms with van der Waals surface area (Å²) in [7, 11) is 0. The van der Waals surface area contributed by atoms with Gasteiger partial charge in [-0.1, -0.05) is 25.1 Å². The van der Waals surface area contributed by atoms with Gasteiger partial charge in [0.15, 0.2) is 0 Å². The van der Waals surface area contributed by atoms with Crippen molar-refractivity contribution in [3.63, 3.8) is 0 Å². The third-order valence-electron chi connectivity index (χ3n) is 3.71. The molecule has 3 rings (SSSR count). The zero-order valence-electron chi connectivity index (χ0n) is 12.9. The van der Waals surface area contributed by atoms with E-state index in [1.54, 1.807) is 0 Å². The number of imidazole rings is 1. The van der Waals surface area contributed by atoms with Gasteiger partial charge in [0, 0.05) is 11.8 Å². The van der Waals surface area contributed by atoms with Gasteiger partial charge in [0.25, 0.3) is 0 Å². The van der Waals surface area contributed by atoms with Crippen LogP contribution in [0.3, 0.4) is 0 Å². The minimum atomic E-state index is -0.568. The number of hydrogen-bond donors (Lipinski definition) is 1. The van der Waals surface area contributed by atoms with E-state index in [0.29, 0.717) is 13.0 Å². The van der Waals surface area contributed by atoms with Crippen LogP contribution in [0.15, 0.2) is 48.7 Å². The van der Waals surface area contributed by atoms with Crippen LogP contribution < -0.4 is 4.74 Å². The molecule has 22 heavy (non-hydrogen) atoms. The summed E-state index contributed by atoms with van der Waals surface area (Å²) in [5.41, 5.74) is 3.33. The van der Waals surface area contributed by atoms with Crippen LogP contribution in [0.5, 0.6) is 5.75 Å². The molecule has 0 saturated carbocycles. The summed E-state index contributed by atoms with van der Waals surface area (Å²) < 4.78 is 7.68. The number of hydrogen-bond acceptors (Lipinski definition) is 3. The number of para-hydroxylation sites is 1. The molecule has 2 aromatic heterocycles. The quantitative estimate of drug-likeness (QED) is 0.778. The lowest BCUT2D eigenvalue weighted by Gasteiger charge is -2.13. The second-order valence-corrected chi connectivity index (χ2v) is 5.13. The first kappa shape index (κ1) is 14.6. The van der Waals surface area contributed by atoms with Gasteiger partial charge in [-0.25, -0.2) is 4.98 Å². The lowest BCUT2D eigenvalue weighted by Crippen LogP contribution is -2.03. The molecule has 3 aromatic rings. The summed E-state index contributed by atoms with van der Waals surface area (Å²) in [4.78, 5) is 4.72. The fraction of sp³-hybridized carbons (Fsp3) is 0.278. The van der Waals surface area contributed by atoms with Gasteiger partial charge in [-0.15, -0.1) is 0 Å². The average molecular weight is 296 g/mol. The van der Waals surface area contributed by atoms with Crippen LogP contribution in [0, 0.1) is 0 Å². The van der Waals surface area contributed by atoms with E-state index >= 15 is 0 Å². The van der Waals surface area contributed by atoms with Gasteiger partial charge in [-0.2, -0.15) is 0 Å². The number of rotatable bonds is 5. The maximum atomic E-state index is 10.5. The van der Waals surface area contributed by atoms with Gasteiger partial charge in [-0.3, -0.25) is 0 Å². The predicted octanol–water partition coefficient (Wildman–Crippen LogP) is 3.84. The van der Waals surface area contributed by atoms with Crippen LogP contribution >= 0.6 is 0 Å². The number of fused-ring (bicyclic) bond motifs is 1. The SMILES string of the molecule is CCOc1ccccc1-c1nc2ccccn2c1C(O)CC. The molecular formula is C18H20N2O2. The van der Waals surface area contributed by atoms with Crippen molar-refractivity contribution in [1.82, 2.24) is 9.38 Å². The Morgan fingerprint density at radius 1 is 1.14 bits per heavy atom. The van der Waals surface area contributed by atoms with E-state index < -0.39 is 6.10 Å². The molecule has 1 unspecified atom stereocenters. The van der Waals surface area contributed by atoms with Gasteiger partial charge in [0.05, 0.1) is 24.1 Å². The second kappa shape index (κ2) is 6.20. The first-order chi connectivity index (χ1) is 10.8. The molecule has 1 aromatic carbocycles. The smallest absolute Gasteiger partial charge is 0.137 e.